The molecule has 0 radical (unpaired) electrons. The quantitative estimate of drug-likeness (QED) is 0.0687. The van der Waals surface area contributed by atoms with Crippen molar-refractivity contribution in [1.82, 2.24) is 16.0 Å². The zero-order valence-corrected chi connectivity index (χ0v) is 30.5. The number of benzene rings is 3. The maximum Gasteiger partial charge on any atom is 0.416 e. The van der Waals surface area contributed by atoms with E-state index in [9.17, 15) is 47.0 Å². The monoisotopic (exact) mass is 778 g/mol. The number of amidine groups is 1. The summed E-state index contributed by atoms with van der Waals surface area (Å²) < 4.78 is 40.0. The van der Waals surface area contributed by atoms with Crippen LogP contribution in [0.1, 0.15) is 67.2 Å². The van der Waals surface area contributed by atoms with Gasteiger partial charge in [0, 0.05) is 37.8 Å². The second-order valence-corrected chi connectivity index (χ2v) is 13.8. The fourth-order valence-corrected chi connectivity index (χ4v) is 6.20. The minimum atomic E-state index is -4.63. The third kappa shape index (κ3) is 13.7. The van der Waals surface area contributed by atoms with Crippen molar-refractivity contribution in [2.24, 2.45) is 11.7 Å². The van der Waals surface area contributed by atoms with Gasteiger partial charge < -0.3 is 32.1 Å². The van der Waals surface area contributed by atoms with E-state index >= 15 is 0 Å². The van der Waals surface area contributed by atoms with Crippen molar-refractivity contribution < 1.29 is 47.0 Å². The normalized spacial score (nSPS) is 20.5. The van der Waals surface area contributed by atoms with E-state index in [0.29, 0.717) is 29.7 Å². The number of ketones is 1. The number of nitrogens with two attached hydrogens (primary N) is 1. The first kappa shape index (κ1) is 42.7. The Kier molecular flexibility index (Phi) is 15.3. The molecule has 0 spiro atoms. The topological polar surface area (TPSA) is 221 Å². The highest BCUT2D eigenvalue weighted by Crippen LogP contribution is 2.29. The Balaban J connectivity index is 1.72. The van der Waals surface area contributed by atoms with E-state index in [1.807, 2.05) is 0 Å². The van der Waals surface area contributed by atoms with Crippen LogP contribution in [0.25, 0.3) is 0 Å². The lowest BCUT2D eigenvalue weighted by Gasteiger charge is -2.26. The minimum absolute atomic E-state index is 0.0398. The average molecular weight is 779 g/mol. The van der Waals surface area contributed by atoms with Gasteiger partial charge in [-0.25, -0.2) is 0 Å². The molecule has 0 fully saturated rings. The molecule has 0 aliphatic carbocycles. The number of hydrogen-bond donors (Lipinski definition) is 7. The van der Waals surface area contributed by atoms with Crippen LogP contribution >= 0.6 is 0 Å². The van der Waals surface area contributed by atoms with Gasteiger partial charge >= 0.3 is 12.1 Å². The van der Waals surface area contributed by atoms with Crippen LogP contribution in [0.2, 0.25) is 0 Å². The molecular formula is C40H45F3N6O7. The molecule has 4 atom stereocenters. The molecule has 2 aliphatic rings. The zero-order chi connectivity index (χ0) is 40.8. The Morgan fingerprint density at radius 1 is 0.732 bits per heavy atom. The highest BCUT2D eigenvalue weighted by Gasteiger charge is 2.33. The van der Waals surface area contributed by atoms with Crippen LogP contribution in [0.4, 0.5) is 18.9 Å². The van der Waals surface area contributed by atoms with Crippen molar-refractivity contribution in [1.29, 1.82) is 5.41 Å². The molecule has 298 valence electrons. The van der Waals surface area contributed by atoms with Gasteiger partial charge in [0.15, 0.2) is 5.78 Å². The van der Waals surface area contributed by atoms with Crippen LogP contribution in [0.3, 0.4) is 0 Å². The molecule has 0 aromatic heterocycles. The molecule has 0 saturated heterocycles. The predicted octanol–water partition coefficient (Wildman–Crippen LogP) is 4.08. The number of carbonyl (C=O) groups excluding carboxylic acids is 5. The third-order valence-electron chi connectivity index (χ3n) is 9.28. The molecule has 0 saturated carbocycles. The lowest BCUT2D eigenvalue weighted by atomic mass is 9.90. The van der Waals surface area contributed by atoms with Gasteiger partial charge in [0.1, 0.15) is 12.1 Å². The molecule has 4 amide bonds. The number of unbranched alkanes of at least 4 members (excludes halogenated alkanes) is 1. The zero-order valence-electron chi connectivity index (χ0n) is 30.5. The smallest absolute Gasteiger partial charge is 0.416 e. The fraction of sp³-hybridized carbons (Fsp3) is 0.375. The summed E-state index contributed by atoms with van der Waals surface area (Å²) in [6.07, 6.45) is -5.09. The van der Waals surface area contributed by atoms with Gasteiger partial charge in [-0.05, 0) is 66.6 Å². The number of halogens is 3. The van der Waals surface area contributed by atoms with Gasteiger partial charge in [-0.1, -0.05) is 61.0 Å². The average Bonchev–Trinajstić information content (AvgIpc) is 3.14. The first-order valence-corrected chi connectivity index (χ1v) is 18.1. The van der Waals surface area contributed by atoms with Crippen molar-refractivity contribution in [3.63, 3.8) is 0 Å². The van der Waals surface area contributed by atoms with Crippen molar-refractivity contribution in [3.8, 4) is 0 Å². The number of rotatable bonds is 10. The number of carboxylic acids is 1. The third-order valence-corrected chi connectivity index (χ3v) is 9.28. The Bertz CT molecular complexity index is 1870. The summed E-state index contributed by atoms with van der Waals surface area (Å²) in [5, 5.41) is 28.2. The summed E-state index contributed by atoms with van der Waals surface area (Å²) in [7, 11) is 0. The predicted molar refractivity (Wildman–Crippen MR) is 200 cm³/mol. The molecule has 5 rings (SSSR count). The Morgan fingerprint density at radius 3 is 1.95 bits per heavy atom. The van der Waals surface area contributed by atoms with Crippen molar-refractivity contribution >= 4 is 46.9 Å². The van der Waals surface area contributed by atoms with Crippen LogP contribution < -0.4 is 27.0 Å². The summed E-state index contributed by atoms with van der Waals surface area (Å²) in [6.45, 7) is 0. The highest BCUT2D eigenvalue weighted by molar-refractivity contribution is 5.97. The van der Waals surface area contributed by atoms with Crippen LogP contribution in [-0.2, 0) is 54.2 Å². The number of carbonyl (C=O) groups is 6. The molecule has 2 bridgehead atoms. The number of carboxylic acid groups (broad SMARTS) is 1. The summed E-state index contributed by atoms with van der Waals surface area (Å²) >= 11 is 0. The van der Waals surface area contributed by atoms with E-state index in [2.05, 4.69) is 21.3 Å². The van der Waals surface area contributed by atoms with Gasteiger partial charge in [-0.2, -0.15) is 13.2 Å². The second-order valence-electron chi connectivity index (χ2n) is 13.8. The van der Waals surface area contributed by atoms with Crippen molar-refractivity contribution in [3.05, 3.63) is 101 Å². The maximum absolute atomic E-state index is 14.1. The van der Waals surface area contributed by atoms with Gasteiger partial charge in [0.25, 0.3) is 0 Å². The van der Waals surface area contributed by atoms with Crippen LogP contribution in [-0.4, -0.2) is 64.4 Å². The summed E-state index contributed by atoms with van der Waals surface area (Å²) in [6, 6.07) is 15.0. The Labute approximate surface area is 321 Å². The number of hydrogen-bond acceptors (Lipinski definition) is 7. The van der Waals surface area contributed by atoms with E-state index in [0.717, 1.165) is 24.3 Å². The first-order chi connectivity index (χ1) is 26.6. The van der Waals surface area contributed by atoms with Gasteiger partial charge in [-0.3, -0.25) is 34.2 Å². The molecule has 0 unspecified atom stereocenters. The summed E-state index contributed by atoms with van der Waals surface area (Å²) in [5.74, 6) is -5.99. The standard InChI is InChI=1S/C40H45F3N6O7/c41-40(42,43)28-14-10-26(11-15-28)22-32-38(54)48-31(21-24-6-2-1-3-7-24)33(50)23-27(39(55)56)20-25-12-16-29(17-13-25)46-35(51)18-19-36(52)47-30(37(53)49-32)8-4-5-9-34(44)45/h1-3,6-7,10-17,27,30-32H,4-5,8-9,18-23H2,(H3,44,45)(H,46,51)(H,47,52)(H,48,54)(H,49,53)(H,55,56)/t27-,30-,31-,32+/m1/s1. The van der Waals surface area contributed by atoms with E-state index in [1.54, 1.807) is 54.6 Å². The molecule has 13 nitrogen and oxygen atoms in total. The largest absolute Gasteiger partial charge is 0.481 e. The maximum atomic E-state index is 14.1. The Hall–Kier alpha value is -6.06. The Morgan fingerprint density at radius 2 is 1.32 bits per heavy atom. The van der Waals surface area contributed by atoms with E-state index in [4.69, 9.17) is 11.1 Å². The number of amides is 4. The fourth-order valence-electron chi connectivity index (χ4n) is 6.20. The molecule has 3 aromatic rings. The van der Waals surface area contributed by atoms with Gasteiger partial charge in [-0.15, -0.1) is 0 Å². The van der Waals surface area contributed by atoms with Gasteiger partial charge in [0.05, 0.1) is 23.4 Å². The van der Waals surface area contributed by atoms with Gasteiger partial charge in [0.2, 0.25) is 23.6 Å². The number of alkyl halides is 3. The number of anilines is 1. The molecule has 16 heteroatoms. The molecular weight excluding hydrogens is 733 g/mol. The minimum Gasteiger partial charge on any atom is -0.481 e. The number of Topliss-reactive ketones (excluding diaryl/α,β-unsaturated/α-hetero) is 1. The highest BCUT2D eigenvalue weighted by atomic mass is 19.4. The van der Waals surface area contributed by atoms with E-state index < -0.39 is 77.6 Å². The van der Waals surface area contributed by atoms with E-state index in [-0.39, 0.29) is 56.3 Å². The molecule has 2 heterocycles. The van der Waals surface area contributed by atoms with Crippen molar-refractivity contribution in [2.75, 3.05) is 5.32 Å². The van der Waals surface area contributed by atoms with E-state index in [1.165, 1.54) is 0 Å². The van der Waals surface area contributed by atoms with Crippen LogP contribution in [0, 0.1) is 11.3 Å². The van der Waals surface area contributed by atoms with Crippen LogP contribution in [0.5, 0.6) is 0 Å². The molecule has 8 N–H and O–H groups in total. The number of fused-ring (bicyclic) bond motifs is 18. The lowest BCUT2D eigenvalue weighted by molar-refractivity contribution is -0.144. The SMILES string of the molecule is N=C(N)CCCC[C@H]1NC(=O)CCC(=O)Nc2ccc(cc2)C[C@@H](C(=O)O)CC(=O)[C@@H](Cc2ccccc2)NC(=O)[C@H](Cc2ccc(C(F)(F)F)cc2)NC1=O. The summed E-state index contributed by atoms with van der Waals surface area (Å²) in [5.41, 5.74) is 6.36. The lowest BCUT2D eigenvalue weighted by Crippen LogP contribution is -2.56. The van der Waals surface area contributed by atoms with Crippen molar-refractivity contribution in [2.45, 2.75) is 88.5 Å². The summed E-state index contributed by atoms with van der Waals surface area (Å²) in [4.78, 5) is 80.1. The number of nitrogens with one attached hydrogen (secondary N) is 5. The molecule has 2 aliphatic heterocycles. The molecule has 56 heavy (non-hydrogen) atoms. The molecule has 3 aromatic carbocycles. The van der Waals surface area contributed by atoms with Crippen LogP contribution in [0.15, 0.2) is 78.9 Å². The second kappa shape index (κ2) is 20.0. The first-order valence-electron chi connectivity index (χ1n) is 18.1. The number of aliphatic carboxylic acids is 1.